The topological polar surface area (TPSA) is 21.6 Å². The fourth-order valence-electron chi connectivity index (χ4n) is 1.94. The van der Waals surface area contributed by atoms with Crippen LogP contribution in [0.1, 0.15) is 5.56 Å². The lowest BCUT2D eigenvalue weighted by atomic mass is 10.00. The molecular formula is C14H11BrNO. The summed E-state index contributed by atoms with van der Waals surface area (Å²) in [7, 11) is 0. The Bertz CT molecular complexity index is 438. The summed E-state index contributed by atoms with van der Waals surface area (Å²) in [5.74, 6) is 1.94. The fourth-order valence-corrected chi connectivity index (χ4v) is 2.39. The van der Waals surface area contributed by atoms with Crippen LogP contribution in [0, 0.1) is 31.6 Å². The zero-order valence-corrected chi connectivity index (χ0v) is 10.7. The highest BCUT2D eigenvalue weighted by Gasteiger charge is 2.31. The normalized spacial score (nSPS) is 24.8. The SMILES string of the molecule is Brc1ccccc1C1=N[C@@H]([C]2[CH][CH][CH][CH]2)CO1. The molecule has 3 heteroatoms. The van der Waals surface area contributed by atoms with E-state index in [0.717, 1.165) is 15.9 Å². The van der Waals surface area contributed by atoms with E-state index < -0.39 is 0 Å². The minimum Gasteiger partial charge on any atom is -0.475 e. The van der Waals surface area contributed by atoms with Crippen molar-refractivity contribution in [3.8, 4) is 0 Å². The van der Waals surface area contributed by atoms with E-state index in [9.17, 15) is 0 Å². The average molecular weight is 289 g/mol. The Morgan fingerprint density at radius 3 is 2.71 bits per heavy atom. The molecule has 2 aliphatic rings. The maximum Gasteiger partial charge on any atom is 0.217 e. The van der Waals surface area contributed by atoms with E-state index in [4.69, 9.17) is 4.74 Å². The van der Waals surface area contributed by atoms with Crippen LogP contribution in [0.3, 0.4) is 0 Å². The first-order valence-electron chi connectivity index (χ1n) is 5.52. The molecule has 1 saturated carbocycles. The van der Waals surface area contributed by atoms with Gasteiger partial charge in [0.2, 0.25) is 5.90 Å². The molecule has 1 heterocycles. The predicted octanol–water partition coefficient (Wildman–Crippen LogP) is 3.00. The first-order valence-corrected chi connectivity index (χ1v) is 6.31. The lowest BCUT2D eigenvalue weighted by Gasteiger charge is -2.10. The van der Waals surface area contributed by atoms with Crippen molar-refractivity contribution in [3.63, 3.8) is 0 Å². The summed E-state index contributed by atoms with van der Waals surface area (Å²) in [6.45, 7) is 0.626. The third-order valence-corrected chi connectivity index (χ3v) is 3.52. The van der Waals surface area contributed by atoms with Crippen LogP contribution in [-0.2, 0) is 4.74 Å². The summed E-state index contributed by atoms with van der Waals surface area (Å²) in [6, 6.07) is 8.11. The molecule has 0 unspecified atom stereocenters. The van der Waals surface area contributed by atoms with Crippen LogP contribution in [0.25, 0.3) is 0 Å². The summed E-state index contributed by atoms with van der Waals surface area (Å²) >= 11 is 3.51. The van der Waals surface area contributed by atoms with Gasteiger partial charge < -0.3 is 4.74 Å². The van der Waals surface area contributed by atoms with Crippen molar-refractivity contribution in [3.05, 3.63) is 65.9 Å². The second kappa shape index (κ2) is 4.81. The molecule has 0 saturated heterocycles. The van der Waals surface area contributed by atoms with Crippen LogP contribution < -0.4 is 0 Å². The number of hydrogen-bond acceptors (Lipinski definition) is 2. The molecule has 1 aliphatic heterocycles. The van der Waals surface area contributed by atoms with Gasteiger partial charge in [0.1, 0.15) is 6.61 Å². The standard InChI is InChI=1S/C14H11BrNO/c15-12-8-4-3-7-11(12)14-16-13(9-17-14)10-5-1-2-6-10/h1-8,13H,9H2/t13-/m1/s1. The first-order chi connectivity index (χ1) is 8.34. The van der Waals surface area contributed by atoms with Crippen LogP contribution in [0.15, 0.2) is 33.7 Å². The Balaban J connectivity index is 1.81. The smallest absolute Gasteiger partial charge is 0.217 e. The van der Waals surface area contributed by atoms with Gasteiger partial charge in [-0.1, -0.05) is 12.1 Å². The molecule has 3 rings (SSSR count). The molecule has 1 aromatic carbocycles. The Morgan fingerprint density at radius 2 is 1.94 bits per heavy atom. The molecule has 0 spiro atoms. The summed E-state index contributed by atoms with van der Waals surface area (Å²) in [5, 5.41) is 0. The highest BCUT2D eigenvalue weighted by molar-refractivity contribution is 9.10. The molecule has 2 nitrogen and oxygen atoms in total. The van der Waals surface area contributed by atoms with Gasteiger partial charge in [0.15, 0.2) is 0 Å². The van der Waals surface area contributed by atoms with Crippen LogP contribution in [0.5, 0.6) is 0 Å². The molecule has 85 valence electrons. The predicted molar refractivity (Wildman–Crippen MR) is 70.9 cm³/mol. The minimum absolute atomic E-state index is 0.132. The number of ether oxygens (including phenoxy) is 1. The molecule has 5 radical (unpaired) electrons. The zero-order valence-electron chi connectivity index (χ0n) is 9.14. The molecule has 0 N–H and O–H groups in total. The van der Waals surface area contributed by atoms with Gasteiger partial charge in [0.25, 0.3) is 0 Å². The van der Waals surface area contributed by atoms with Crippen LogP contribution >= 0.6 is 15.9 Å². The largest absolute Gasteiger partial charge is 0.475 e. The molecule has 1 aromatic rings. The number of aliphatic imine (C=N–C) groups is 1. The Hall–Kier alpha value is -0.830. The van der Waals surface area contributed by atoms with Crippen molar-refractivity contribution in [1.29, 1.82) is 0 Å². The molecule has 1 aliphatic carbocycles. The second-order valence-corrected chi connectivity index (χ2v) is 4.81. The van der Waals surface area contributed by atoms with Crippen molar-refractivity contribution in [2.45, 2.75) is 6.04 Å². The summed E-state index contributed by atoms with van der Waals surface area (Å²) < 4.78 is 6.69. The van der Waals surface area contributed by atoms with Gasteiger partial charge in [0.05, 0.1) is 11.6 Å². The second-order valence-electron chi connectivity index (χ2n) is 3.96. The van der Waals surface area contributed by atoms with Gasteiger partial charge in [-0.05, 0) is 53.7 Å². The van der Waals surface area contributed by atoms with Gasteiger partial charge in [-0.2, -0.15) is 0 Å². The number of benzene rings is 1. The monoisotopic (exact) mass is 288 g/mol. The number of rotatable bonds is 2. The van der Waals surface area contributed by atoms with E-state index in [2.05, 4.69) is 33.8 Å². The lowest BCUT2D eigenvalue weighted by molar-refractivity contribution is 0.324. The van der Waals surface area contributed by atoms with Gasteiger partial charge >= 0.3 is 0 Å². The van der Waals surface area contributed by atoms with Gasteiger partial charge in [-0.3, -0.25) is 0 Å². The lowest BCUT2D eigenvalue weighted by Crippen LogP contribution is -2.15. The van der Waals surface area contributed by atoms with Gasteiger partial charge in [-0.25, -0.2) is 4.99 Å². The van der Waals surface area contributed by atoms with Crippen molar-refractivity contribution >= 4 is 21.8 Å². The number of halogens is 1. The summed E-state index contributed by atoms with van der Waals surface area (Å²) in [5.41, 5.74) is 1.02. The fraction of sp³-hybridized carbons (Fsp3) is 0.143. The average Bonchev–Trinajstić information content (AvgIpc) is 3.00. The quantitative estimate of drug-likeness (QED) is 0.820. The number of nitrogens with zero attached hydrogens (tertiary/aromatic N) is 1. The minimum atomic E-state index is 0.132. The summed E-state index contributed by atoms with van der Waals surface area (Å²) in [6.07, 6.45) is 8.23. The van der Waals surface area contributed by atoms with E-state index >= 15 is 0 Å². The molecular weight excluding hydrogens is 278 g/mol. The first kappa shape index (κ1) is 11.3. The number of hydrogen-bond donors (Lipinski definition) is 0. The zero-order chi connectivity index (χ0) is 11.7. The molecule has 0 bridgehead atoms. The Labute approximate surface area is 110 Å². The third-order valence-electron chi connectivity index (χ3n) is 2.83. The Morgan fingerprint density at radius 1 is 1.18 bits per heavy atom. The van der Waals surface area contributed by atoms with E-state index in [0.29, 0.717) is 6.61 Å². The maximum absolute atomic E-state index is 5.68. The van der Waals surface area contributed by atoms with Crippen LogP contribution in [0.2, 0.25) is 0 Å². The highest BCUT2D eigenvalue weighted by atomic mass is 79.9. The summed E-state index contributed by atoms with van der Waals surface area (Å²) in [4.78, 5) is 4.63. The van der Waals surface area contributed by atoms with E-state index in [1.807, 2.05) is 37.1 Å². The molecule has 0 aromatic heterocycles. The van der Waals surface area contributed by atoms with Gasteiger partial charge in [0, 0.05) is 10.4 Å². The van der Waals surface area contributed by atoms with Crippen molar-refractivity contribution in [2.75, 3.05) is 6.61 Å². The third kappa shape index (κ3) is 2.25. The van der Waals surface area contributed by atoms with Crippen molar-refractivity contribution in [2.24, 2.45) is 4.99 Å². The molecule has 1 fully saturated rings. The Kier molecular flexibility index (Phi) is 3.19. The van der Waals surface area contributed by atoms with E-state index in [1.165, 1.54) is 5.92 Å². The van der Waals surface area contributed by atoms with Gasteiger partial charge in [-0.15, -0.1) is 0 Å². The molecule has 1 atom stereocenters. The van der Waals surface area contributed by atoms with E-state index in [1.54, 1.807) is 0 Å². The molecule has 17 heavy (non-hydrogen) atoms. The van der Waals surface area contributed by atoms with E-state index in [-0.39, 0.29) is 6.04 Å². The van der Waals surface area contributed by atoms with Crippen LogP contribution in [-0.4, -0.2) is 18.5 Å². The molecule has 0 amide bonds. The highest BCUT2D eigenvalue weighted by Crippen LogP contribution is 2.31. The van der Waals surface area contributed by atoms with Crippen molar-refractivity contribution < 1.29 is 4.74 Å². The maximum atomic E-state index is 5.68. The van der Waals surface area contributed by atoms with Crippen LogP contribution in [0.4, 0.5) is 0 Å². The van der Waals surface area contributed by atoms with Crippen molar-refractivity contribution in [1.82, 2.24) is 0 Å².